The predicted molar refractivity (Wildman–Crippen MR) is 41.7 cm³/mol. The third kappa shape index (κ3) is 1.34. The van der Waals surface area contributed by atoms with Gasteiger partial charge in [0.2, 0.25) is 0 Å². The van der Waals surface area contributed by atoms with E-state index >= 15 is 0 Å². The second-order valence-electron chi connectivity index (χ2n) is 4.47. The van der Waals surface area contributed by atoms with E-state index in [2.05, 4.69) is 0 Å². The second kappa shape index (κ2) is 2.39. The maximum absolute atomic E-state index is 12.3. The van der Waals surface area contributed by atoms with E-state index in [-0.39, 0.29) is 17.3 Å². The van der Waals surface area contributed by atoms with Crippen LogP contribution in [0.25, 0.3) is 0 Å². The third-order valence-electron chi connectivity index (χ3n) is 3.52. The lowest BCUT2D eigenvalue weighted by Crippen LogP contribution is -2.23. The lowest BCUT2D eigenvalue weighted by atomic mass is 9.99. The van der Waals surface area contributed by atoms with Gasteiger partial charge in [-0.25, -0.2) is 0 Å². The molecule has 1 aliphatic rings. The Kier molecular flexibility index (Phi) is 1.97. The average molecular weight is 180 g/mol. The standard InChI is InChI=1S/C9H15F3/c1-5-7(8(5,3)4)6(2)9(10,11)12/h5-7H,1-4H3. The average Bonchev–Trinajstić information content (AvgIpc) is 2.30. The zero-order chi connectivity index (χ0) is 9.73. The van der Waals surface area contributed by atoms with Crippen molar-refractivity contribution in [1.82, 2.24) is 0 Å². The van der Waals surface area contributed by atoms with E-state index in [0.717, 1.165) is 0 Å². The van der Waals surface area contributed by atoms with E-state index in [1.165, 1.54) is 6.92 Å². The summed E-state index contributed by atoms with van der Waals surface area (Å²) in [7, 11) is 0. The lowest BCUT2D eigenvalue weighted by Gasteiger charge is -2.16. The number of hydrogen-bond acceptors (Lipinski definition) is 0. The monoisotopic (exact) mass is 180 g/mol. The van der Waals surface area contributed by atoms with Crippen molar-refractivity contribution in [3.8, 4) is 0 Å². The first kappa shape index (κ1) is 9.87. The summed E-state index contributed by atoms with van der Waals surface area (Å²) in [6, 6.07) is 0. The van der Waals surface area contributed by atoms with Gasteiger partial charge < -0.3 is 0 Å². The van der Waals surface area contributed by atoms with Crippen molar-refractivity contribution in [2.75, 3.05) is 0 Å². The molecule has 0 aromatic carbocycles. The largest absolute Gasteiger partial charge is 0.391 e. The van der Waals surface area contributed by atoms with Crippen molar-refractivity contribution >= 4 is 0 Å². The SMILES string of the molecule is CC(C1C(C)C1(C)C)C(F)(F)F. The molecule has 0 aromatic rings. The molecule has 12 heavy (non-hydrogen) atoms. The molecule has 0 radical (unpaired) electrons. The Bertz CT molecular complexity index is 171. The number of rotatable bonds is 1. The molecule has 0 heterocycles. The molecule has 0 bridgehead atoms. The van der Waals surface area contributed by atoms with Crippen molar-refractivity contribution in [3.05, 3.63) is 0 Å². The van der Waals surface area contributed by atoms with Gasteiger partial charge in [-0.05, 0) is 17.3 Å². The van der Waals surface area contributed by atoms with Crippen LogP contribution in [-0.2, 0) is 0 Å². The van der Waals surface area contributed by atoms with Crippen molar-refractivity contribution in [2.24, 2.45) is 23.2 Å². The van der Waals surface area contributed by atoms with E-state index in [4.69, 9.17) is 0 Å². The Morgan fingerprint density at radius 3 is 1.67 bits per heavy atom. The van der Waals surface area contributed by atoms with Crippen molar-refractivity contribution in [1.29, 1.82) is 0 Å². The zero-order valence-corrected chi connectivity index (χ0v) is 7.87. The Labute approximate surface area is 71.1 Å². The second-order valence-corrected chi connectivity index (χ2v) is 4.47. The van der Waals surface area contributed by atoms with Crippen LogP contribution in [0.4, 0.5) is 13.2 Å². The molecule has 1 saturated carbocycles. The molecular formula is C9H15F3. The predicted octanol–water partition coefficient (Wildman–Crippen LogP) is 3.48. The summed E-state index contributed by atoms with van der Waals surface area (Å²) in [6.45, 7) is 7.00. The Balaban J connectivity index is 2.64. The summed E-state index contributed by atoms with van der Waals surface area (Å²) in [5.74, 6) is -1.13. The molecule has 0 aromatic heterocycles. The van der Waals surface area contributed by atoms with E-state index in [1.54, 1.807) is 0 Å². The van der Waals surface area contributed by atoms with Gasteiger partial charge in [0.05, 0.1) is 5.92 Å². The van der Waals surface area contributed by atoms with Gasteiger partial charge in [0.15, 0.2) is 0 Å². The van der Waals surface area contributed by atoms with E-state index < -0.39 is 12.1 Å². The normalized spacial score (nSPS) is 36.2. The molecule has 0 nitrogen and oxygen atoms in total. The van der Waals surface area contributed by atoms with Crippen LogP contribution in [0.1, 0.15) is 27.7 Å². The summed E-state index contributed by atoms with van der Waals surface area (Å²) in [6.07, 6.45) is -4.02. The fourth-order valence-electron chi connectivity index (χ4n) is 2.22. The number of halogens is 3. The first-order chi connectivity index (χ1) is 5.19. The molecule has 0 spiro atoms. The summed E-state index contributed by atoms with van der Waals surface area (Å²) in [5, 5.41) is 0. The summed E-state index contributed by atoms with van der Waals surface area (Å²) >= 11 is 0. The minimum Gasteiger partial charge on any atom is -0.171 e. The molecule has 0 N–H and O–H groups in total. The Morgan fingerprint density at radius 1 is 1.25 bits per heavy atom. The van der Waals surface area contributed by atoms with Gasteiger partial charge in [0, 0.05) is 0 Å². The molecule has 3 unspecified atom stereocenters. The van der Waals surface area contributed by atoms with Crippen LogP contribution in [0.3, 0.4) is 0 Å². The van der Waals surface area contributed by atoms with Gasteiger partial charge in [0.25, 0.3) is 0 Å². The molecule has 0 amide bonds. The van der Waals surface area contributed by atoms with Gasteiger partial charge in [-0.2, -0.15) is 13.2 Å². The van der Waals surface area contributed by atoms with Crippen LogP contribution >= 0.6 is 0 Å². The molecule has 3 atom stereocenters. The highest BCUT2D eigenvalue weighted by Crippen LogP contribution is 2.63. The minimum atomic E-state index is -4.02. The molecule has 0 saturated heterocycles. The highest BCUT2D eigenvalue weighted by Gasteiger charge is 2.62. The van der Waals surface area contributed by atoms with E-state index in [9.17, 15) is 13.2 Å². The smallest absolute Gasteiger partial charge is 0.171 e. The minimum absolute atomic E-state index is 0.116. The maximum atomic E-state index is 12.3. The van der Waals surface area contributed by atoms with Crippen LogP contribution in [-0.4, -0.2) is 6.18 Å². The Hall–Kier alpha value is -0.210. The fourth-order valence-corrected chi connectivity index (χ4v) is 2.22. The first-order valence-corrected chi connectivity index (χ1v) is 4.25. The topological polar surface area (TPSA) is 0 Å². The lowest BCUT2D eigenvalue weighted by molar-refractivity contribution is -0.177. The summed E-state index contributed by atoms with van der Waals surface area (Å²) < 4.78 is 36.8. The number of hydrogen-bond donors (Lipinski definition) is 0. The number of alkyl halides is 3. The van der Waals surface area contributed by atoms with Crippen LogP contribution < -0.4 is 0 Å². The highest BCUT2D eigenvalue weighted by atomic mass is 19.4. The van der Waals surface area contributed by atoms with Crippen molar-refractivity contribution in [2.45, 2.75) is 33.9 Å². The molecule has 3 heteroatoms. The van der Waals surface area contributed by atoms with E-state index in [0.29, 0.717) is 0 Å². The molecule has 0 aliphatic heterocycles. The molecule has 1 rings (SSSR count). The van der Waals surface area contributed by atoms with Gasteiger partial charge in [-0.15, -0.1) is 0 Å². The quantitative estimate of drug-likeness (QED) is 0.579. The van der Waals surface area contributed by atoms with Crippen LogP contribution in [0.5, 0.6) is 0 Å². The van der Waals surface area contributed by atoms with Crippen LogP contribution in [0.15, 0.2) is 0 Å². The highest BCUT2D eigenvalue weighted by molar-refractivity contribution is 5.05. The summed E-state index contributed by atoms with van der Waals surface area (Å²) in [5.41, 5.74) is -0.116. The van der Waals surface area contributed by atoms with Gasteiger partial charge >= 0.3 is 6.18 Å². The van der Waals surface area contributed by atoms with Crippen LogP contribution in [0, 0.1) is 23.2 Å². The fraction of sp³-hybridized carbons (Fsp3) is 1.00. The zero-order valence-electron chi connectivity index (χ0n) is 7.87. The first-order valence-electron chi connectivity index (χ1n) is 4.25. The molecule has 72 valence electrons. The molecule has 1 aliphatic carbocycles. The summed E-state index contributed by atoms with van der Waals surface area (Å²) in [4.78, 5) is 0. The maximum Gasteiger partial charge on any atom is 0.391 e. The van der Waals surface area contributed by atoms with Gasteiger partial charge in [-0.1, -0.05) is 27.7 Å². The van der Waals surface area contributed by atoms with Crippen molar-refractivity contribution in [3.63, 3.8) is 0 Å². The van der Waals surface area contributed by atoms with Gasteiger partial charge in [0.1, 0.15) is 0 Å². The molecule has 1 fully saturated rings. The Morgan fingerprint density at radius 2 is 1.58 bits per heavy atom. The third-order valence-corrected chi connectivity index (χ3v) is 3.52. The molecular weight excluding hydrogens is 165 g/mol. The van der Waals surface area contributed by atoms with Gasteiger partial charge in [-0.3, -0.25) is 0 Å². The van der Waals surface area contributed by atoms with E-state index in [1.807, 2.05) is 20.8 Å². The van der Waals surface area contributed by atoms with Crippen LogP contribution in [0.2, 0.25) is 0 Å². The van der Waals surface area contributed by atoms with Crippen molar-refractivity contribution < 1.29 is 13.2 Å².